The van der Waals surface area contributed by atoms with E-state index >= 15 is 0 Å². The molecule has 0 saturated heterocycles. The van der Waals surface area contributed by atoms with Gasteiger partial charge in [0.1, 0.15) is 10.8 Å². The predicted octanol–water partition coefficient (Wildman–Crippen LogP) is 4.89. The Bertz CT molecular complexity index is 1120. The minimum absolute atomic E-state index is 0.0337. The van der Waals surface area contributed by atoms with Crippen molar-refractivity contribution in [1.29, 1.82) is 0 Å². The summed E-state index contributed by atoms with van der Waals surface area (Å²) in [6.07, 6.45) is 3.55. The van der Waals surface area contributed by atoms with Crippen molar-refractivity contribution in [2.24, 2.45) is 5.92 Å². The molecule has 4 rings (SSSR count). The SMILES string of the molecule is Cc1ccc(NC(=O)C2CC2)cc1NC(=O)c1cccnc1SCc1c(C)noc1C. The van der Waals surface area contributed by atoms with Crippen LogP contribution in [-0.2, 0) is 10.5 Å². The zero-order valence-corrected chi connectivity index (χ0v) is 18.5. The smallest absolute Gasteiger partial charge is 0.258 e. The Labute approximate surface area is 185 Å². The molecule has 3 aromatic rings. The Kier molecular flexibility index (Phi) is 6.08. The third-order valence-electron chi connectivity index (χ3n) is 5.25. The highest BCUT2D eigenvalue weighted by atomic mass is 32.2. The number of rotatable bonds is 7. The second-order valence-corrected chi connectivity index (χ2v) is 8.66. The molecule has 0 atom stereocenters. The van der Waals surface area contributed by atoms with E-state index < -0.39 is 0 Å². The van der Waals surface area contributed by atoms with Crippen molar-refractivity contribution in [2.45, 2.75) is 44.4 Å². The van der Waals surface area contributed by atoms with Crippen LogP contribution >= 0.6 is 11.8 Å². The first-order valence-corrected chi connectivity index (χ1v) is 11.1. The molecule has 1 aromatic carbocycles. The number of amides is 2. The summed E-state index contributed by atoms with van der Waals surface area (Å²) in [5, 5.41) is 10.5. The van der Waals surface area contributed by atoms with Crippen LogP contribution in [0.4, 0.5) is 11.4 Å². The molecule has 1 aliphatic rings. The minimum Gasteiger partial charge on any atom is -0.361 e. The van der Waals surface area contributed by atoms with Crippen LogP contribution in [0.2, 0.25) is 0 Å². The molecular weight excluding hydrogens is 412 g/mol. The lowest BCUT2D eigenvalue weighted by molar-refractivity contribution is -0.117. The Morgan fingerprint density at radius 2 is 1.97 bits per heavy atom. The maximum absolute atomic E-state index is 13.1. The number of aryl methyl sites for hydroxylation is 3. The van der Waals surface area contributed by atoms with E-state index in [0.29, 0.717) is 27.7 Å². The number of nitrogens with zero attached hydrogens (tertiary/aromatic N) is 2. The first kappa shape index (κ1) is 21.1. The number of pyridine rings is 1. The van der Waals surface area contributed by atoms with Gasteiger partial charge in [0, 0.05) is 34.8 Å². The van der Waals surface area contributed by atoms with Gasteiger partial charge in [-0.2, -0.15) is 0 Å². The molecule has 1 aliphatic carbocycles. The third-order valence-corrected chi connectivity index (χ3v) is 6.28. The Hall–Kier alpha value is -3.13. The zero-order chi connectivity index (χ0) is 22.0. The minimum atomic E-state index is -0.247. The highest BCUT2D eigenvalue weighted by molar-refractivity contribution is 7.98. The lowest BCUT2D eigenvalue weighted by atomic mass is 10.1. The van der Waals surface area contributed by atoms with E-state index in [2.05, 4.69) is 20.8 Å². The molecule has 0 bridgehead atoms. The number of hydrogen-bond acceptors (Lipinski definition) is 6. The van der Waals surface area contributed by atoms with Gasteiger partial charge in [-0.1, -0.05) is 11.2 Å². The monoisotopic (exact) mass is 436 g/mol. The molecule has 8 heteroatoms. The van der Waals surface area contributed by atoms with E-state index in [1.807, 2.05) is 32.9 Å². The summed E-state index contributed by atoms with van der Waals surface area (Å²) in [6.45, 7) is 5.69. The van der Waals surface area contributed by atoms with Gasteiger partial charge in [0.2, 0.25) is 5.91 Å². The molecule has 0 unspecified atom stereocenters. The van der Waals surface area contributed by atoms with Crippen LogP contribution in [0.5, 0.6) is 0 Å². The van der Waals surface area contributed by atoms with Crippen LogP contribution < -0.4 is 10.6 Å². The van der Waals surface area contributed by atoms with Crippen LogP contribution in [0.25, 0.3) is 0 Å². The van der Waals surface area contributed by atoms with Crippen molar-refractivity contribution in [3.8, 4) is 0 Å². The highest BCUT2D eigenvalue weighted by Gasteiger charge is 2.29. The average molecular weight is 437 g/mol. The molecule has 2 heterocycles. The van der Waals surface area contributed by atoms with Crippen LogP contribution in [0.15, 0.2) is 46.1 Å². The summed E-state index contributed by atoms with van der Waals surface area (Å²) in [5.41, 5.74) is 4.59. The van der Waals surface area contributed by atoms with Crippen LogP contribution in [0.3, 0.4) is 0 Å². The van der Waals surface area contributed by atoms with Crippen molar-refractivity contribution < 1.29 is 14.1 Å². The number of anilines is 2. The molecule has 0 radical (unpaired) electrons. The van der Waals surface area contributed by atoms with E-state index in [-0.39, 0.29) is 17.7 Å². The van der Waals surface area contributed by atoms with Crippen LogP contribution in [0.1, 0.15) is 45.8 Å². The molecule has 2 amide bonds. The first-order valence-electron chi connectivity index (χ1n) is 10.1. The maximum Gasteiger partial charge on any atom is 0.258 e. The molecular formula is C23H24N4O3S. The third kappa shape index (κ3) is 4.96. The molecule has 1 fully saturated rings. The summed E-state index contributed by atoms with van der Waals surface area (Å²) in [4.78, 5) is 29.5. The molecule has 160 valence electrons. The Balaban J connectivity index is 1.49. The number of thioether (sulfide) groups is 1. The largest absolute Gasteiger partial charge is 0.361 e. The van der Waals surface area contributed by atoms with Gasteiger partial charge in [0.25, 0.3) is 5.91 Å². The molecule has 1 saturated carbocycles. The standard InChI is InChI=1S/C23H24N4O3S/c1-13-6-9-17(25-21(28)16-7-8-16)11-20(13)26-22(29)18-5-4-10-24-23(18)31-12-19-14(2)27-30-15(19)3/h4-6,9-11,16H,7-8,12H2,1-3H3,(H,25,28)(H,26,29). The second kappa shape index (κ2) is 8.93. The van der Waals surface area contributed by atoms with Gasteiger partial charge in [-0.05, 0) is 63.4 Å². The Morgan fingerprint density at radius 3 is 2.68 bits per heavy atom. The molecule has 0 spiro atoms. The average Bonchev–Trinajstić information content (AvgIpc) is 3.56. The molecule has 2 aromatic heterocycles. The van der Waals surface area contributed by atoms with Gasteiger partial charge in [0.05, 0.1) is 11.3 Å². The van der Waals surface area contributed by atoms with Gasteiger partial charge in [-0.15, -0.1) is 11.8 Å². The fourth-order valence-corrected chi connectivity index (χ4v) is 4.29. The fourth-order valence-electron chi connectivity index (χ4n) is 3.14. The van der Waals surface area contributed by atoms with Crippen molar-refractivity contribution in [3.63, 3.8) is 0 Å². The molecule has 0 aliphatic heterocycles. The van der Waals surface area contributed by atoms with Crippen molar-refractivity contribution in [1.82, 2.24) is 10.1 Å². The van der Waals surface area contributed by atoms with Gasteiger partial charge in [0.15, 0.2) is 0 Å². The summed E-state index contributed by atoms with van der Waals surface area (Å²) in [5.74, 6) is 1.29. The second-order valence-electron chi connectivity index (χ2n) is 7.69. The van der Waals surface area contributed by atoms with Crippen LogP contribution in [-0.4, -0.2) is 22.0 Å². The topological polar surface area (TPSA) is 97.1 Å². The quantitative estimate of drug-likeness (QED) is 0.512. The van der Waals surface area contributed by atoms with E-state index in [0.717, 1.165) is 35.4 Å². The predicted molar refractivity (Wildman–Crippen MR) is 120 cm³/mol. The summed E-state index contributed by atoms with van der Waals surface area (Å²) in [6, 6.07) is 9.02. The van der Waals surface area contributed by atoms with Gasteiger partial charge in [-0.3, -0.25) is 9.59 Å². The van der Waals surface area contributed by atoms with Crippen molar-refractivity contribution >= 4 is 35.0 Å². The van der Waals surface area contributed by atoms with Gasteiger partial charge >= 0.3 is 0 Å². The van der Waals surface area contributed by atoms with Crippen molar-refractivity contribution in [3.05, 3.63) is 64.7 Å². The lowest BCUT2D eigenvalue weighted by Gasteiger charge is -2.13. The number of carbonyl (C=O) groups is 2. The fraction of sp³-hybridized carbons (Fsp3) is 0.304. The molecule has 2 N–H and O–H groups in total. The molecule has 31 heavy (non-hydrogen) atoms. The van der Waals surface area contributed by atoms with E-state index in [4.69, 9.17) is 4.52 Å². The Morgan fingerprint density at radius 1 is 1.16 bits per heavy atom. The summed E-state index contributed by atoms with van der Waals surface area (Å²) < 4.78 is 5.22. The zero-order valence-electron chi connectivity index (χ0n) is 17.7. The van der Waals surface area contributed by atoms with Gasteiger partial charge < -0.3 is 15.2 Å². The summed E-state index contributed by atoms with van der Waals surface area (Å²) in [7, 11) is 0. The number of carbonyl (C=O) groups excluding carboxylic acids is 2. The number of hydrogen-bond donors (Lipinski definition) is 2. The van der Waals surface area contributed by atoms with E-state index in [1.54, 1.807) is 24.4 Å². The number of nitrogens with one attached hydrogen (secondary N) is 2. The summed E-state index contributed by atoms with van der Waals surface area (Å²) >= 11 is 1.47. The normalized spacial score (nSPS) is 13.1. The highest BCUT2D eigenvalue weighted by Crippen LogP contribution is 2.31. The van der Waals surface area contributed by atoms with Gasteiger partial charge in [-0.25, -0.2) is 4.98 Å². The number of benzene rings is 1. The van der Waals surface area contributed by atoms with Crippen LogP contribution in [0, 0.1) is 26.7 Å². The lowest BCUT2D eigenvalue weighted by Crippen LogP contribution is -2.16. The molecule has 7 nitrogen and oxygen atoms in total. The maximum atomic E-state index is 13.1. The van der Waals surface area contributed by atoms with E-state index in [1.165, 1.54) is 11.8 Å². The van der Waals surface area contributed by atoms with Crippen molar-refractivity contribution in [2.75, 3.05) is 10.6 Å². The number of aromatic nitrogens is 2. The first-order chi connectivity index (χ1) is 14.9. The van der Waals surface area contributed by atoms with E-state index in [9.17, 15) is 9.59 Å².